The molecule has 0 saturated heterocycles. The lowest BCUT2D eigenvalue weighted by atomic mass is 9.93. The van der Waals surface area contributed by atoms with Gasteiger partial charge in [-0.05, 0) is 32.4 Å². The lowest BCUT2D eigenvalue weighted by Crippen LogP contribution is -2.40. The van der Waals surface area contributed by atoms with Crippen LogP contribution >= 0.6 is 0 Å². The molecule has 19 heavy (non-hydrogen) atoms. The molecule has 2 atom stereocenters. The van der Waals surface area contributed by atoms with E-state index >= 15 is 0 Å². The van der Waals surface area contributed by atoms with Crippen LogP contribution in [0.25, 0.3) is 0 Å². The van der Waals surface area contributed by atoms with Crippen LogP contribution in [0.5, 0.6) is 0 Å². The van der Waals surface area contributed by atoms with Gasteiger partial charge in [-0.3, -0.25) is 9.59 Å². The Labute approximate surface area is 112 Å². The Kier molecular flexibility index (Phi) is 3.64. The van der Waals surface area contributed by atoms with Gasteiger partial charge in [0.1, 0.15) is 5.76 Å². The van der Waals surface area contributed by atoms with Gasteiger partial charge in [0, 0.05) is 18.4 Å². The zero-order chi connectivity index (χ0) is 14.0. The summed E-state index contributed by atoms with van der Waals surface area (Å²) in [5, 5.41) is 2.81. The number of methoxy groups -OCH3 is 1. The lowest BCUT2D eigenvalue weighted by molar-refractivity contribution is -0.150. The maximum absolute atomic E-state index is 12.0. The van der Waals surface area contributed by atoms with E-state index in [0.717, 1.165) is 12.2 Å². The van der Waals surface area contributed by atoms with Crippen LogP contribution in [0.15, 0.2) is 22.8 Å². The van der Waals surface area contributed by atoms with Crippen LogP contribution in [0.3, 0.4) is 0 Å². The highest BCUT2D eigenvalue weighted by molar-refractivity contribution is 5.84. The smallest absolute Gasteiger partial charge is 0.313 e. The van der Waals surface area contributed by atoms with E-state index in [1.54, 1.807) is 20.1 Å². The van der Waals surface area contributed by atoms with Crippen molar-refractivity contribution in [3.05, 3.63) is 24.2 Å². The van der Waals surface area contributed by atoms with E-state index in [1.807, 2.05) is 12.1 Å². The van der Waals surface area contributed by atoms with Crippen molar-refractivity contribution < 1.29 is 18.7 Å². The van der Waals surface area contributed by atoms with E-state index < -0.39 is 5.41 Å². The molecule has 1 aromatic heterocycles. The van der Waals surface area contributed by atoms with Gasteiger partial charge in [0.25, 0.3) is 0 Å². The fraction of sp³-hybridized carbons (Fsp3) is 0.571. The topological polar surface area (TPSA) is 68.5 Å². The van der Waals surface area contributed by atoms with Crippen molar-refractivity contribution in [3.8, 4) is 0 Å². The Bertz CT molecular complexity index is 464. The minimum atomic E-state index is -0.709. The first kappa shape index (κ1) is 13.6. The highest BCUT2D eigenvalue weighted by atomic mass is 16.5. The van der Waals surface area contributed by atoms with Crippen molar-refractivity contribution in [3.63, 3.8) is 0 Å². The van der Waals surface area contributed by atoms with E-state index in [2.05, 4.69) is 5.32 Å². The first-order valence-electron chi connectivity index (χ1n) is 6.35. The fourth-order valence-corrected chi connectivity index (χ4v) is 2.09. The third kappa shape index (κ3) is 2.97. The van der Waals surface area contributed by atoms with E-state index in [4.69, 9.17) is 9.15 Å². The number of hydrogen-bond donors (Lipinski definition) is 1. The maximum atomic E-state index is 12.0. The molecule has 1 heterocycles. The molecule has 0 radical (unpaired) electrons. The lowest BCUT2D eigenvalue weighted by Gasteiger charge is -2.21. The van der Waals surface area contributed by atoms with Gasteiger partial charge in [-0.2, -0.15) is 0 Å². The molecule has 0 aromatic carbocycles. The average Bonchev–Trinajstić information content (AvgIpc) is 3.01. The molecular formula is C14H19NO4. The van der Waals surface area contributed by atoms with Crippen LogP contribution in [0, 0.1) is 11.3 Å². The van der Waals surface area contributed by atoms with Gasteiger partial charge in [0.15, 0.2) is 0 Å². The highest BCUT2D eigenvalue weighted by Crippen LogP contribution is 2.47. The number of esters is 1. The van der Waals surface area contributed by atoms with Crippen LogP contribution in [0.1, 0.15) is 31.9 Å². The maximum Gasteiger partial charge on any atom is 0.313 e. The number of ether oxygens (including phenoxy) is 1. The summed E-state index contributed by atoms with van der Waals surface area (Å²) in [5.41, 5.74) is -0.709. The third-order valence-electron chi connectivity index (χ3n) is 3.48. The molecule has 2 rings (SSSR count). The summed E-state index contributed by atoms with van der Waals surface area (Å²) in [5.74, 6) is 0.632. The van der Waals surface area contributed by atoms with Crippen molar-refractivity contribution in [2.75, 3.05) is 13.7 Å². The summed E-state index contributed by atoms with van der Waals surface area (Å²) in [6.45, 7) is 3.77. The summed E-state index contributed by atoms with van der Waals surface area (Å²) in [4.78, 5) is 23.5. The molecule has 0 unspecified atom stereocenters. The first-order valence-corrected chi connectivity index (χ1v) is 6.35. The van der Waals surface area contributed by atoms with Crippen LogP contribution in [0.2, 0.25) is 0 Å². The van der Waals surface area contributed by atoms with Gasteiger partial charge in [0.05, 0.1) is 18.8 Å². The second-order valence-corrected chi connectivity index (χ2v) is 5.56. The van der Waals surface area contributed by atoms with Crippen molar-refractivity contribution in [2.45, 2.75) is 26.2 Å². The number of furan rings is 1. The Balaban J connectivity index is 1.82. The minimum Gasteiger partial charge on any atom is -0.469 e. The molecule has 1 aromatic rings. The molecule has 0 bridgehead atoms. The van der Waals surface area contributed by atoms with E-state index in [1.165, 1.54) is 7.11 Å². The predicted octanol–water partition coefficient (Wildman–Crippen LogP) is 1.70. The molecule has 1 N–H and O–H groups in total. The monoisotopic (exact) mass is 265 g/mol. The van der Waals surface area contributed by atoms with Crippen LogP contribution in [-0.4, -0.2) is 25.5 Å². The van der Waals surface area contributed by atoms with Gasteiger partial charge in [-0.15, -0.1) is 0 Å². The zero-order valence-corrected chi connectivity index (χ0v) is 11.4. The Hall–Kier alpha value is -1.78. The minimum absolute atomic E-state index is 0.0293. The Morgan fingerprint density at radius 3 is 2.84 bits per heavy atom. The van der Waals surface area contributed by atoms with Crippen LogP contribution in [0.4, 0.5) is 0 Å². The fourth-order valence-electron chi connectivity index (χ4n) is 2.09. The van der Waals surface area contributed by atoms with E-state index in [9.17, 15) is 9.59 Å². The molecule has 5 heteroatoms. The van der Waals surface area contributed by atoms with Gasteiger partial charge in [-0.1, -0.05) is 0 Å². The Morgan fingerprint density at radius 1 is 1.53 bits per heavy atom. The number of rotatable bonds is 5. The molecule has 1 aliphatic rings. The second kappa shape index (κ2) is 5.07. The molecule has 1 saturated carbocycles. The largest absolute Gasteiger partial charge is 0.469 e. The molecule has 0 aliphatic heterocycles. The number of carbonyl (C=O) groups is 2. The standard InChI is InChI=1S/C14H19NO4/c1-14(2,13(17)18-3)8-15-12(16)10-7-9(10)11-5-4-6-19-11/h4-6,9-10H,7-8H2,1-3H3,(H,15,16)/t9-,10-/m1/s1. The van der Waals surface area contributed by atoms with Gasteiger partial charge < -0.3 is 14.5 Å². The van der Waals surface area contributed by atoms with Crippen LogP contribution < -0.4 is 5.32 Å². The molecule has 1 aliphatic carbocycles. The molecule has 0 spiro atoms. The number of amides is 1. The molecule has 1 fully saturated rings. The molecular weight excluding hydrogens is 246 g/mol. The quantitative estimate of drug-likeness (QED) is 0.823. The normalized spacial score (nSPS) is 21.8. The van der Waals surface area contributed by atoms with Crippen molar-refractivity contribution >= 4 is 11.9 Å². The number of nitrogens with one attached hydrogen (secondary N) is 1. The summed E-state index contributed by atoms with van der Waals surface area (Å²) < 4.78 is 9.98. The Morgan fingerprint density at radius 2 is 2.26 bits per heavy atom. The zero-order valence-electron chi connectivity index (χ0n) is 11.4. The molecule has 104 valence electrons. The molecule has 5 nitrogen and oxygen atoms in total. The first-order chi connectivity index (χ1) is 8.95. The summed E-state index contributed by atoms with van der Waals surface area (Å²) in [6, 6.07) is 3.71. The second-order valence-electron chi connectivity index (χ2n) is 5.56. The van der Waals surface area contributed by atoms with E-state index in [-0.39, 0.29) is 30.3 Å². The molecule has 1 amide bonds. The SMILES string of the molecule is COC(=O)C(C)(C)CNC(=O)[C@@H]1C[C@H]1c1ccco1. The van der Waals surface area contributed by atoms with Crippen molar-refractivity contribution in [1.29, 1.82) is 0 Å². The van der Waals surface area contributed by atoms with Crippen molar-refractivity contribution in [1.82, 2.24) is 5.32 Å². The highest BCUT2D eigenvalue weighted by Gasteiger charge is 2.46. The summed E-state index contributed by atoms with van der Waals surface area (Å²) in [7, 11) is 1.35. The number of carbonyl (C=O) groups excluding carboxylic acids is 2. The average molecular weight is 265 g/mol. The van der Waals surface area contributed by atoms with Crippen molar-refractivity contribution in [2.24, 2.45) is 11.3 Å². The summed E-state index contributed by atoms with van der Waals surface area (Å²) >= 11 is 0. The van der Waals surface area contributed by atoms with Crippen LogP contribution in [-0.2, 0) is 14.3 Å². The third-order valence-corrected chi connectivity index (χ3v) is 3.48. The van der Waals surface area contributed by atoms with Gasteiger partial charge in [-0.25, -0.2) is 0 Å². The van der Waals surface area contributed by atoms with E-state index in [0.29, 0.717) is 0 Å². The van der Waals surface area contributed by atoms with Gasteiger partial charge >= 0.3 is 5.97 Å². The van der Waals surface area contributed by atoms with Gasteiger partial charge in [0.2, 0.25) is 5.91 Å². The predicted molar refractivity (Wildman–Crippen MR) is 68.4 cm³/mol. The number of hydrogen-bond acceptors (Lipinski definition) is 4. The summed E-state index contributed by atoms with van der Waals surface area (Å²) in [6.07, 6.45) is 2.42.